The van der Waals surface area contributed by atoms with E-state index >= 15 is 0 Å². The van der Waals surface area contributed by atoms with Gasteiger partial charge in [0.05, 0.1) is 5.69 Å². The van der Waals surface area contributed by atoms with Crippen molar-refractivity contribution in [1.29, 1.82) is 0 Å². The molecule has 1 aromatic heterocycles. The molecule has 0 saturated heterocycles. The molecule has 1 heterocycles. The molecule has 0 aliphatic heterocycles. The molecule has 0 atom stereocenters. The number of anilines is 1. The molecule has 0 aliphatic rings. The summed E-state index contributed by atoms with van der Waals surface area (Å²) in [5, 5.41) is 10.3. The van der Waals surface area contributed by atoms with Crippen LogP contribution in [0.5, 0.6) is 0 Å². The molecule has 0 spiro atoms. The van der Waals surface area contributed by atoms with E-state index in [-0.39, 0.29) is 0 Å². The van der Waals surface area contributed by atoms with E-state index in [2.05, 4.69) is 31.1 Å². The minimum absolute atomic E-state index is 0.453. The Morgan fingerprint density at radius 3 is 2.36 bits per heavy atom. The van der Waals surface area contributed by atoms with Gasteiger partial charge in [-0.05, 0) is 36.4 Å². The van der Waals surface area contributed by atoms with Gasteiger partial charge in [-0.3, -0.25) is 0 Å². The van der Waals surface area contributed by atoms with Gasteiger partial charge in [0.1, 0.15) is 5.69 Å². The summed E-state index contributed by atoms with van der Waals surface area (Å²) >= 11 is 10.6. The second-order valence-electron chi connectivity index (χ2n) is 4.39. The van der Waals surface area contributed by atoms with Crippen LogP contribution in [-0.2, 0) is 0 Å². The van der Waals surface area contributed by atoms with Crippen LogP contribution in [0.1, 0.15) is 0 Å². The molecule has 3 aromatic rings. The Balaban J connectivity index is 1.94. The van der Waals surface area contributed by atoms with Gasteiger partial charge in [-0.2, -0.15) is 0 Å². The van der Waals surface area contributed by atoms with E-state index in [9.17, 15) is 0 Å². The van der Waals surface area contributed by atoms with Crippen LogP contribution in [0.3, 0.4) is 0 Å². The fraction of sp³-hybridized carbons (Fsp3) is 0. The highest BCUT2D eigenvalue weighted by molar-refractivity contribution is 9.10. The first-order valence-corrected chi connectivity index (χ1v) is 8.30. The maximum atomic E-state index is 5.91. The van der Waals surface area contributed by atoms with E-state index in [0.29, 0.717) is 20.8 Å². The summed E-state index contributed by atoms with van der Waals surface area (Å²) in [5.41, 5.74) is 8.18. The zero-order chi connectivity index (χ0) is 15.5. The molecule has 3 rings (SSSR count). The third kappa shape index (κ3) is 3.52. The SMILES string of the molecule is Nc1nc(-c2ccc(Cl)cc2)c(N=Nc2ccc(Br)cc2)s1. The first-order chi connectivity index (χ1) is 10.6. The lowest BCUT2D eigenvalue weighted by Crippen LogP contribution is -1.82. The topological polar surface area (TPSA) is 63.6 Å². The average molecular weight is 394 g/mol. The Hall–Kier alpha value is -1.76. The number of benzene rings is 2. The standard InChI is InChI=1S/C15H10BrClN4S/c16-10-3-7-12(8-4-10)20-21-14-13(19-15(18)22-14)9-1-5-11(17)6-2-9/h1-8H,(H2,18,19). The fourth-order valence-electron chi connectivity index (χ4n) is 1.80. The van der Waals surface area contributed by atoms with Crippen LogP contribution < -0.4 is 5.73 Å². The van der Waals surface area contributed by atoms with Crippen LogP contribution in [-0.4, -0.2) is 4.98 Å². The smallest absolute Gasteiger partial charge is 0.182 e. The fourth-order valence-corrected chi connectivity index (χ4v) is 2.87. The largest absolute Gasteiger partial charge is 0.375 e. The molecule has 7 heteroatoms. The summed E-state index contributed by atoms with van der Waals surface area (Å²) in [7, 11) is 0. The highest BCUT2D eigenvalue weighted by atomic mass is 79.9. The molecule has 110 valence electrons. The van der Waals surface area contributed by atoms with Gasteiger partial charge in [0.2, 0.25) is 0 Å². The number of nitrogen functional groups attached to an aromatic ring is 1. The number of aromatic nitrogens is 1. The molecule has 0 unspecified atom stereocenters. The molecular formula is C15H10BrClN4S. The molecule has 0 saturated carbocycles. The Labute approximate surface area is 144 Å². The number of hydrogen-bond donors (Lipinski definition) is 1. The number of azo groups is 1. The van der Waals surface area contributed by atoms with Gasteiger partial charge < -0.3 is 5.73 Å². The van der Waals surface area contributed by atoms with Crippen molar-refractivity contribution in [2.75, 3.05) is 5.73 Å². The minimum Gasteiger partial charge on any atom is -0.375 e. The normalized spacial score (nSPS) is 11.2. The van der Waals surface area contributed by atoms with Gasteiger partial charge in [-0.25, -0.2) is 4.98 Å². The zero-order valence-electron chi connectivity index (χ0n) is 11.2. The van der Waals surface area contributed by atoms with Crippen molar-refractivity contribution in [3.8, 4) is 11.3 Å². The predicted octanol–water partition coefficient (Wildman–Crippen LogP) is 6.22. The van der Waals surface area contributed by atoms with E-state index < -0.39 is 0 Å². The second-order valence-corrected chi connectivity index (χ2v) is 6.75. The number of halogens is 2. The van der Waals surface area contributed by atoms with Gasteiger partial charge in [-0.15, -0.1) is 10.2 Å². The van der Waals surface area contributed by atoms with Gasteiger partial charge in [0, 0.05) is 15.1 Å². The third-order valence-corrected chi connectivity index (χ3v) is 4.38. The molecule has 0 bridgehead atoms. The van der Waals surface area contributed by atoms with Crippen molar-refractivity contribution >= 4 is 54.7 Å². The maximum Gasteiger partial charge on any atom is 0.182 e. The Kier molecular flexibility index (Phi) is 4.52. The summed E-state index contributed by atoms with van der Waals surface area (Å²) in [6, 6.07) is 15.0. The summed E-state index contributed by atoms with van der Waals surface area (Å²) in [4.78, 5) is 4.33. The molecule has 22 heavy (non-hydrogen) atoms. The van der Waals surface area contributed by atoms with E-state index in [1.807, 2.05) is 48.5 Å². The quantitative estimate of drug-likeness (QED) is 0.536. The molecule has 0 aliphatic carbocycles. The summed E-state index contributed by atoms with van der Waals surface area (Å²) in [6.07, 6.45) is 0. The third-order valence-electron chi connectivity index (χ3n) is 2.83. The minimum atomic E-state index is 0.453. The maximum absolute atomic E-state index is 5.91. The Bertz CT molecular complexity index is 813. The lowest BCUT2D eigenvalue weighted by atomic mass is 10.2. The molecule has 0 fully saturated rings. The predicted molar refractivity (Wildman–Crippen MR) is 95.3 cm³/mol. The monoisotopic (exact) mass is 392 g/mol. The first kappa shape index (κ1) is 15.1. The molecule has 2 N–H and O–H groups in total. The average Bonchev–Trinajstić information content (AvgIpc) is 2.88. The van der Waals surface area contributed by atoms with Crippen molar-refractivity contribution in [3.63, 3.8) is 0 Å². The first-order valence-electron chi connectivity index (χ1n) is 6.31. The summed E-state index contributed by atoms with van der Waals surface area (Å²) < 4.78 is 0.996. The van der Waals surface area contributed by atoms with Crippen LogP contribution in [0.15, 0.2) is 63.2 Å². The Morgan fingerprint density at radius 2 is 1.68 bits per heavy atom. The number of rotatable bonds is 3. The zero-order valence-corrected chi connectivity index (χ0v) is 14.4. The molecule has 0 radical (unpaired) electrons. The van der Waals surface area contributed by atoms with Gasteiger partial charge in [0.15, 0.2) is 10.1 Å². The van der Waals surface area contributed by atoms with E-state index in [4.69, 9.17) is 17.3 Å². The van der Waals surface area contributed by atoms with Crippen molar-refractivity contribution in [2.24, 2.45) is 10.2 Å². The lowest BCUT2D eigenvalue weighted by Gasteiger charge is -1.98. The van der Waals surface area contributed by atoms with Gasteiger partial charge >= 0.3 is 0 Å². The number of thiazole rings is 1. The molecule has 4 nitrogen and oxygen atoms in total. The van der Waals surface area contributed by atoms with Crippen molar-refractivity contribution in [3.05, 3.63) is 58.0 Å². The van der Waals surface area contributed by atoms with Gasteiger partial charge in [-0.1, -0.05) is 51.0 Å². The molecule has 2 aromatic carbocycles. The van der Waals surface area contributed by atoms with Crippen LogP contribution >= 0.6 is 38.9 Å². The van der Waals surface area contributed by atoms with E-state index in [1.54, 1.807) is 0 Å². The highest BCUT2D eigenvalue weighted by Gasteiger charge is 2.11. The Morgan fingerprint density at radius 1 is 1.00 bits per heavy atom. The second kappa shape index (κ2) is 6.56. The van der Waals surface area contributed by atoms with Crippen LogP contribution in [0.25, 0.3) is 11.3 Å². The van der Waals surface area contributed by atoms with Crippen LogP contribution in [0, 0.1) is 0 Å². The highest BCUT2D eigenvalue weighted by Crippen LogP contribution is 2.38. The number of hydrogen-bond acceptors (Lipinski definition) is 5. The van der Waals surface area contributed by atoms with Crippen molar-refractivity contribution in [1.82, 2.24) is 4.98 Å². The van der Waals surface area contributed by atoms with Crippen molar-refractivity contribution < 1.29 is 0 Å². The molecular weight excluding hydrogens is 384 g/mol. The number of nitrogens with two attached hydrogens (primary N) is 1. The van der Waals surface area contributed by atoms with Crippen molar-refractivity contribution in [2.45, 2.75) is 0 Å². The summed E-state index contributed by atoms with van der Waals surface area (Å²) in [5.74, 6) is 0. The lowest BCUT2D eigenvalue weighted by molar-refractivity contribution is 1.24. The molecule has 0 amide bonds. The van der Waals surface area contributed by atoms with E-state index in [1.165, 1.54) is 11.3 Å². The van der Waals surface area contributed by atoms with Crippen LogP contribution in [0.4, 0.5) is 15.8 Å². The van der Waals surface area contributed by atoms with E-state index in [0.717, 1.165) is 15.7 Å². The van der Waals surface area contributed by atoms with Crippen LogP contribution in [0.2, 0.25) is 5.02 Å². The number of nitrogens with zero attached hydrogens (tertiary/aromatic N) is 3. The summed E-state index contributed by atoms with van der Waals surface area (Å²) in [6.45, 7) is 0. The van der Waals surface area contributed by atoms with Gasteiger partial charge in [0.25, 0.3) is 0 Å².